The van der Waals surface area contributed by atoms with Gasteiger partial charge in [-0.1, -0.05) is 6.92 Å². The Kier molecular flexibility index (Phi) is 4.24. The van der Waals surface area contributed by atoms with Crippen LogP contribution in [-0.2, 0) is 16.0 Å². The van der Waals surface area contributed by atoms with Crippen molar-refractivity contribution < 1.29 is 14.7 Å². The molecule has 1 amide bonds. The molecule has 2 atom stereocenters. The summed E-state index contributed by atoms with van der Waals surface area (Å²) < 4.78 is 0. The van der Waals surface area contributed by atoms with Crippen LogP contribution in [0.15, 0.2) is 12.1 Å². The first-order valence-corrected chi connectivity index (χ1v) is 7.43. The maximum absolute atomic E-state index is 12.0. The van der Waals surface area contributed by atoms with Gasteiger partial charge in [-0.2, -0.15) is 0 Å². The molecular weight excluding hydrogens is 262 g/mol. The van der Waals surface area contributed by atoms with Crippen LogP contribution >= 0.6 is 11.3 Å². The zero-order chi connectivity index (χ0) is 14.0. The van der Waals surface area contributed by atoms with Crippen LogP contribution in [0, 0.1) is 5.92 Å². The van der Waals surface area contributed by atoms with Crippen LogP contribution in [-0.4, -0.2) is 28.9 Å². The molecule has 0 radical (unpaired) electrons. The normalized spacial score (nSPS) is 24.3. The van der Waals surface area contributed by atoms with Gasteiger partial charge in [0.15, 0.2) is 0 Å². The summed E-state index contributed by atoms with van der Waals surface area (Å²) in [4.78, 5) is 27.3. The van der Waals surface area contributed by atoms with Gasteiger partial charge in [0.1, 0.15) is 0 Å². The Morgan fingerprint density at radius 2 is 2.26 bits per heavy atom. The monoisotopic (exact) mass is 281 g/mol. The third kappa shape index (κ3) is 2.81. The summed E-state index contributed by atoms with van der Waals surface area (Å²) in [6, 6.07) is 3.68. The first-order chi connectivity index (χ1) is 9.04. The standard InChI is InChI=1S/C14H19NO3S/c1-3-9-7-8-11(19-9)13-10(14(17)18)5-4-6-12(16)15(13)2/h7-8,10,13H,3-6H2,1-2H3,(H,17,18). The van der Waals surface area contributed by atoms with Gasteiger partial charge in [-0.25, -0.2) is 0 Å². The molecule has 2 unspecified atom stereocenters. The molecule has 1 aromatic rings. The number of hydrogen-bond acceptors (Lipinski definition) is 3. The molecule has 1 aliphatic heterocycles. The van der Waals surface area contributed by atoms with Gasteiger partial charge in [-0.05, 0) is 31.4 Å². The fraction of sp³-hybridized carbons (Fsp3) is 0.571. The zero-order valence-corrected chi connectivity index (χ0v) is 12.1. The average molecular weight is 281 g/mol. The van der Waals surface area contributed by atoms with E-state index >= 15 is 0 Å². The minimum atomic E-state index is -0.807. The van der Waals surface area contributed by atoms with E-state index < -0.39 is 11.9 Å². The number of aliphatic carboxylic acids is 1. The molecule has 5 heteroatoms. The number of carboxylic acids is 1. The molecule has 19 heavy (non-hydrogen) atoms. The van der Waals surface area contributed by atoms with Crippen LogP contribution in [0.4, 0.5) is 0 Å². The number of carbonyl (C=O) groups excluding carboxylic acids is 1. The van der Waals surface area contributed by atoms with Crippen molar-refractivity contribution >= 4 is 23.2 Å². The van der Waals surface area contributed by atoms with Gasteiger partial charge in [0.2, 0.25) is 5.91 Å². The predicted molar refractivity (Wildman–Crippen MR) is 74.2 cm³/mol. The van der Waals surface area contributed by atoms with Crippen LogP contribution in [0.5, 0.6) is 0 Å². The number of amides is 1. The summed E-state index contributed by atoms with van der Waals surface area (Å²) in [5.41, 5.74) is 0. The van der Waals surface area contributed by atoms with Gasteiger partial charge in [0, 0.05) is 23.2 Å². The van der Waals surface area contributed by atoms with Gasteiger partial charge in [-0.15, -0.1) is 11.3 Å². The van der Waals surface area contributed by atoms with E-state index in [2.05, 4.69) is 6.92 Å². The van der Waals surface area contributed by atoms with E-state index in [-0.39, 0.29) is 11.9 Å². The number of thiophene rings is 1. The van der Waals surface area contributed by atoms with E-state index in [1.54, 1.807) is 23.3 Å². The lowest BCUT2D eigenvalue weighted by molar-refractivity contribution is -0.145. The second kappa shape index (κ2) is 5.74. The molecular formula is C14H19NO3S. The predicted octanol–water partition coefficient (Wildman–Crippen LogP) is 2.69. The summed E-state index contributed by atoms with van der Waals surface area (Å²) in [6.07, 6.45) is 2.60. The molecule has 1 aliphatic rings. The molecule has 2 rings (SSSR count). The number of hydrogen-bond donors (Lipinski definition) is 1. The van der Waals surface area contributed by atoms with Crippen molar-refractivity contribution in [3.63, 3.8) is 0 Å². The maximum atomic E-state index is 12.0. The Bertz CT molecular complexity index is 483. The fourth-order valence-corrected chi connectivity index (χ4v) is 3.79. The van der Waals surface area contributed by atoms with Crippen molar-refractivity contribution in [3.05, 3.63) is 21.9 Å². The Labute approximate surface area is 117 Å². The molecule has 0 aromatic carbocycles. The smallest absolute Gasteiger partial charge is 0.308 e. The quantitative estimate of drug-likeness (QED) is 0.926. The Balaban J connectivity index is 2.38. The first kappa shape index (κ1) is 14.1. The van der Waals surface area contributed by atoms with E-state index in [4.69, 9.17) is 0 Å². The van der Waals surface area contributed by atoms with Crippen molar-refractivity contribution in [2.45, 2.75) is 38.6 Å². The summed E-state index contributed by atoms with van der Waals surface area (Å²) in [5.74, 6) is -1.27. The van der Waals surface area contributed by atoms with E-state index in [9.17, 15) is 14.7 Å². The molecule has 4 nitrogen and oxygen atoms in total. The summed E-state index contributed by atoms with van der Waals surface area (Å²) in [5, 5.41) is 9.43. The van der Waals surface area contributed by atoms with E-state index in [0.29, 0.717) is 19.3 Å². The van der Waals surface area contributed by atoms with E-state index in [1.807, 2.05) is 12.1 Å². The van der Waals surface area contributed by atoms with Gasteiger partial charge < -0.3 is 10.0 Å². The third-order valence-corrected chi connectivity index (χ3v) is 5.04. The Hall–Kier alpha value is -1.36. The van der Waals surface area contributed by atoms with Crippen LogP contribution < -0.4 is 0 Å². The molecule has 104 valence electrons. The lowest BCUT2D eigenvalue weighted by atomic mass is 9.94. The average Bonchev–Trinajstić information content (AvgIpc) is 2.79. The van der Waals surface area contributed by atoms with E-state index in [1.165, 1.54) is 4.88 Å². The molecule has 0 aliphatic carbocycles. The minimum Gasteiger partial charge on any atom is -0.481 e. The van der Waals surface area contributed by atoms with Gasteiger partial charge in [-0.3, -0.25) is 9.59 Å². The van der Waals surface area contributed by atoms with Crippen LogP contribution in [0.3, 0.4) is 0 Å². The number of carbonyl (C=O) groups is 2. The van der Waals surface area contributed by atoms with Crippen molar-refractivity contribution in [2.24, 2.45) is 5.92 Å². The van der Waals surface area contributed by atoms with Crippen molar-refractivity contribution in [1.82, 2.24) is 4.90 Å². The number of aryl methyl sites for hydroxylation is 1. The molecule has 0 spiro atoms. The zero-order valence-electron chi connectivity index (χ0n) is 11.3. The Morgan fingerprint density at radius 3 is 2.84 bits per heavy atom. The van der Waals surface area contributed by atoms with Crippen molar-refractivity contribution in [3.8, 4) is 0 Å². The highest BCUT2D eigenvalue weighted by molar-refractivity contribution is 7.12. The third-order valence-electron chi connectivity index (χ3n) is 3.74. The van der Waals surface area contributed by atoms with Gasteiger partial charge >= 0.3 is 5.97 Å². The van der Waals surface area contributed by atoms with Gasteiger partial charge in [0.25, 0.3) is 0 Å². The first-order valence-electron chi connectivity index (χ1n) is 6.61. The number of rotatable bonds is 3. The molecule has 1 fully saturated rings. The SMILES string of the molecule is CCc1ccc(C2C(C(=O)O)CCCC(=O)N2C)s1. The molecule has 1 saturated heterocycles. The fourth-order valence-electron chi connectivity index (χ4n) is 2.62. The van der Waals surface area contributed by atoms with Crippen LogP contribution in [0.2, 0.25) is 0 Å². The lowest BCUT2D eigenvalue weighted by Gasteiger charge is -2.29. The van der Waals surface area contributed by atoms with Crippen molar-refractivity contribution in [2.75, 3.05) is 7.05 Å². The van der Waals surface area contributed by atoms with Crippen LogP contribution in [0.25, 0.3) is 0 Å². The molecule has 0 saturated carbocycles. The number of carboxylic acid groups (broad SMARTS) is 1. The largest absolute Gasteiger partial charge is 0.481 e. The molecule has 1 aromatic heterocycles. The van der Waals surface area contributed by atoms with Crippen LogP contribution in [0.1, 0.15) is 42.0 Å². The molecule has 2 heterocycles. The van der Waals surface area contributed by atoms with E-state index in [0.717, 1.165) is 11.3 Å². The summed E-state index contributed by atoms with van der Waals surface area (Å²) >= 11 is 1.62. The lowest BCUT2D eigenvalue weighted by Crippen LogP contribution is -2.35. The highest BCUT2D eigenvalue weighted by atomic mass is 32.1. The summed E-state index contributed by atoms with van der Waals surface area (Å²) in [7, 11) is 1.72. The Morgan fingerprint density at radius 1 is 1.53 bits per heavy atom. The molecule has 1 N–H and O–H groups in total. The number of likely N-dealkylation sites (tertiary alicyclic amines) is 1. The minimum absolute atomic E-state index is 0.0419. The van der Waals surface area contributed by atoms with Crippen molar-refractivity contribution in [1.29, 1.82) is 0 Å². The highest BCUT2D eigenvalue weighted by Gasteiger charge is 2.37. The molecule has 0 bridgehead atoms. The maximum Gasteiger partial charge on any atom is 0.308 e. The second-order valence-electron chi connectivity index (χ2n) is 4.94. The summed E-state index contributed by atoms with van der Waals surface area (Å²) in [6.45, 7) is 2.08. The number of nitrogens with zero attached hydrogens (tertiary/aromatic N) is 1. The van der Waals surface area contributed by atoms with Gasteiger partial charge in [0.05, 0.1) is 12.0 Å². The second-order valence-corrected chi connectivity index (χ2v) is 6.14. The topological polar surface area (TPSA) is 57.6 Å². The highest BCUT2D eigenvalue weighted by Crippen LogP contribution is 2.38.